The van der Waals surface area contributed by atoms with E-state index in [1.54, 1.807) is 4.57 Å². The molecule has 0 amide bonds. The molecule has 1 fully saturated rings. The number of rotatable bonds is 4. The number of ether oxygens (including phenoxy) is 1. The van der Waals surface area contributed by atoms with Crippen LogP contribution in [0, 0.1) is 5.82 Å². The lowest BCUT2D eigenvalue weighted by atomic mass is 9.93. The number of nitrogens with two attached hydrogens (primary N) is 1. The fourth-order valence-electron chi connectivity index (χ4n) is 4.25. The third-order valence-corrected chi connectivity index (χ3v) is 5.77. The molecule has 0 saturated heterocycles. The Hall–Kier alpha value is -2.42. The minimum atomic E-state index is -1.36. The Labute approximate surface area is 159 Å². The number of carbonyl (C=O) groups is 1. The first-order chi connectivity index (χ1) is 12.9. The second kappa shape index (κ2) is 6.33. The van der Waals surface area contributed by atoms with Gasteiger partial charge in [0.05, 0.1) is 22.1 Å². The zero-order valence-corrected chi connectivity index (χ0v) is 15.4. The van der Waals surface area contributed by atoms with Gasteiger partial charge in [0.25, 0.3) is 0 Å². The highest BCUT2D eigenvalue weighted by atomic mass is 32.1. The van der Waals surface area contributed by atoms with Gasteiger partial charge in [-0.15, -0.1) is 0 Å². The van der Waals surface area contributed by atoms with Gasteiger partial charge in [-0.25, -0.2) is 9.18 Å². The number of anilines is 2. The van der Waals surface area contributed by atoms with Crippen molar-refractivity contribution in [2.24, 2.45) is 0 Å². The van der Waals surface area contributed by atoms with E-state index in [-0.39, 0.29) is 29.1 Å². The van der Waals surface area contributed by atoms with E-state index in [0.717, 1.165) is 25.7 Å². The fourth-order valence-corrected chi connectivity index (χ4v) is 4.36. The molecule has 144 valence electrons. The number of aromatic carboxylic acids is 1. The summed E-state index contributed by atoms with van der Waals surface area (Å²) in [6.45, 7) is 0.667. The largest absolute Gasteiger partial charge is 0.487 e. The summed E-state index contributed by atoms with van der Waals surface area (Å²) in [5.41, 5.74) is 4.38. The molecule has 0 atom stereocenters. The molecule has 27 heavy (non-hydrogen) atoms. The molecule has 2 heterocycles. The van der Waals surface area contributed by atoms with E-state index >= 15 is 0 Å². The van der Waals surface area contributed by atoms with Crippen LogP contribution in [-0.2, 0) is 5.54 Å². The Balaban J connectivity index is 2.15. The van der Waals surface area contributed by atoms with Crippen molar-refractivity contribution in [3.8, 4) is 5.75 Å². The zero-order chi connectivity index (χ0) is 19.3. The molecule has 1 spiro atoms. The molecular formula is C18H20FN3O4S. The van der Waals surface area contributed by atoms with Gasteiger partial charge in [-0.05, 0) is 12.8 Å². The molecule has 1 aromatic heterocycles. The summed E-state index contributed by atoms with van der Waals surface area (Å²) >= 11 is 4.12. The van der Waals surface area contributed by atoms with Crippen LogP contribution in [0.25, 0.3) is 10.9 Å². The normalized spacial score (nSPS) is 17.3. The maximum absolute atomic E-state index is 15.0. The number of hydrogen-bond acceptors (Lipinski definition) is 6. The zero-order valence-electron chi connectivity index (χ0n) is 14.5. The summed E-state index contributed by atoms with van der Waals surface area (Å²) in [6, 6.07) is 0. The molecule has 1 aliphatic heterocycles. The number of benzene rings is 1. The van der Waals surface area contributed by atoms with E-state index in [0.29, 0.717) is 17.8 Å². The molecule has 1 aromatic carbocycles. The molecule has 7 nitrogen and oxygen atoms in total. The number of thiol groups is 1. The minimum Gasteiger partial charge on any atom is -0.487 e. The fraction of sp³-hybridized carbons (Fsp3) is 0.444. The summed E-state index contributed by atoms with van der Waals surface area (Å²) in [4.78, 5) is 24.4. The Morgan fingerprint density at radius 1 is 1.44 bits per heavy atom. The molecule has 0 bridgehead atoms. The average Bonchev–Trinajstić information content (AvgIpc) is 3.11. The van der Waals surface area contributed by atoms with Gasteiger partial charge in [0.15, 0.2) is 11.6 Å². The number of nitrogen functional groups attached to an aromatic ring is 1. The van der Waals surface area contributed by atoms with Gasteiger partial charge in [0.1, 0.15) is 17.9 Å². The van der Waals surface area contributed by atoms with Gasteiger partial charge in [0, 0.05) is 18.5 Å². The van der Waals surface area contributed by atoms with Gasteiger partial charge in [0.2, 0.25) is 5.43 Å². The maximum Gasteiger partial charge on any atom is 0.341 e. The molecule has 0 radical (unpaired) electrons. The number of carboxylic acid groups (broad SMARTS) is 1. The number of aromatic nitrogens is 1. The highest BCUT2D eigenvalue weighted by Crippen LogP contribution is 2.48. The van der Waals surface area contributed by atoms with Crippen molar-refractivity contribution in [2.45, 2.75) is 31.2 Å². The first-order valence-electron chi connectivity index (χ1n) is 8.83. The summed E-state index contributed by atoms with van der Waals surface area (Å²) in [7, 11) is 0. The second-order valence-corrected chi connectivity index (χ2v) is 7.52. The molecule has 1 saturated carbocycles. The van der Waals surface area contributed by atoms with Crippen molar-refractivity contribution in [1.82, 2.24) is 4.57 Å². The third kappa shape index (κ3) is 2.48. The van der Waals surface area contributed by atoms with Gasteiger partial charge in [-0.3, -0.25) is 4.79 Å². The van der Waals surface area contributed by atoms with E-state index in [9.17, 15) is 19.1 Å². The Morgan fingerprint density at radius 2 is 2.15 bits per heavy atom. The topological polar surface area (TPSA) is 107 Å². The highest BCUT2D eigenvalue weighted by Gasteiger charge is 2.43. The van der Waals surface area contributed by atoms with Crippen LogP contribution in [0.5, 0.6) is 5.75 Å². The number of carboxylic acids is 1. The van der Waals surface area contributed by atoms with Gasteiger partial charge < -0.3 is 25.5 Å². The van der Waals surface area contributed by atoms with E-state index in [2.05, 4.69) is 17.9 Å². The predicted molar refractivity (Wildman–Crippen MR) is 104 cm³/mol. The Kier molecular flexibility index (Phi) is 4.21. The van der Waals surface area contributed by atoms with Crippen LogP contribution < -0.4 is 21.2 Å². The molecular weight excluding hydrogens is 373 g/mol. The van der Waals surface area contributed by atoms with Crippen molar-refractivity contribution in [3.05, 3.63) is 27.8 Å². The van der Waals surface area contributed by atoms with Crippen molar-refractivity contribution >= 4 is 40.9 Å². The second-order valence-electron chi connectivity index (χ2n) is 7.07. The van der Waals surface area contributed by atoms with Crippen LogP contribution in [0.3, 0.4) is 0 Å². The van der Waals surface area contributed by atoms with Crippen LogP contribution in [0.4, 0.5) is 15.8 Å². The molecule has 2 aromatic rings. The number of nitrogens with one attached hydrogen (secondary N) is 1. The molecule has 1 aliphatic carbocycles. The van der Waals surface area contributed by atoms with Crippen molar-refractivity contribution in [1.29, 1.82) is 0 Å². The minimum absolute atomic E-state index is 0.0816. The summed E-state index contributed by atoms with van der Waals surface area (Å²) < 4.78 is 22.7. The number of pyridine rings is 1. The van der Waals surface area contributed by atoms with E-state index in [1.807, 2.05) is 0 Å². The first-order valence-corrected chi connectivity index (χ1v) is 9.46. The lowest BCUT2D eigenvalue weighted by Gasteiger charge is -2.39. The maximum atomic E-state index is 15.0. The number of nitrogens with zero attached hydrogens (tertiary/aromatic N) is 1. The average molecular weight is 393 g/mol. The number of hydrogen-bond donors (Lipinski definition) is 4. The number of fused-ring (bicyclic) bond motifs is 1. The lowest BCUT2D eigenvalue weighted by Crippen LogP contribution is -2.42. The SMILES string of the molecule is Nc1c(F)c(NCCS)c2c3c1c(=O)c(C(=O)O)cn3C1(CCCC1)CO2. The van der Waals surface area contributed by atoms with E-state index in [1.165, 1.54) is 6.20 Å². The summed E-state index contributed by atoms with van der Waals surface area (Å²) in [5, 5.41) is 12.3. The van der Waals surface area contributed by atoms with E-state index < -0.39 is 28.3 Å². The molecule has 4 rings (SSSR count). The summed E-state index contributed by atoms with van der Waals surface area (Å²) in [5.74, 6) is -1.51. The highest BCUT2D eigenvalue weighted by molar-refractivity contribution is 7.80. The van der Waals surface area contributed by atoms with Crippen LogP contribution in [-0.4, -0.2) is 34.5 Å². The first kappa shape index (κ1) is 18.0. The quantitative estimate of drug-likeness (QED) is 0.470. The smallest absolute Gasteiger partial charge is 0.341 e. The van der Waals surface area contributed by atoms with Crippen LogP contribution in [0.15, 0.2) is 11.0 Å². The van der Waals surface area contributed by atoms with Crippen molar-refractivity contribution in [2.75, 3.05) is 30.0 Å². The Bertz CT molecular complexity index is 1010. The summed E-state index contributed by atoms with van der Waals surface area (Å²) in [6.07, 6.45) is 4.89. The number of halogens is 1. The van der Waals surface area contributed by atoms with E-state index in [4.69, 9.17) is 10.5 Å². The standard InChI is InChI=1S/C18H20FN3O4S/c19-11-12(20)10-14-16(13(11)21-5-6-27)26-8-18(3-1-2-4-18)22(14)7-9(15(10)23)17(24)25/h7,21,27H,1-6,8,20H2,(H,24,25). The molecule has 9 heteroatoms. The van der Waals surface area contributed by atoms with Crippen molar-refractivity contribution in [3.63, 3.8) is 0 Å². The van der Waals surface area contributed by atoms with Crippen LogP contribution in [0.2, 0.25) is 0 Å². The van der Waals surface area contributed by atoms with Gasteiger partial charge >= 0.3 is 5.97 Å². The van der Waals surface area contributed by atoms with Gasteiger partial charge in [-0.1, -0.05) is 12.8 Å². The predicted octanol–water partition coefficient (Wildman–Crippen LogP) is 2.42. The Morgan fingerprint density at radius 3 is 2.78 bits per heavy atom. The molecule has 4 N–H and O–H groups in total. The van der Waals surface area contributed by atoms with Crippen LogP contribution in [0.1, 0.15) is 36.0 Å². The van der Waals surface area contributed by atoms with Gasteiger partial charge in [-0.2, -0.15) is 12.6 Å². The lowest BCUT2D eigenvalue weighted by molar-refractivity contribution is 0.0692. The van der Waals surface area contributed by atoms with Crippen molar-refractivity contribution < 1.29 is 19.0 Å². The monoisotopic (exact) mass is 393 g/mol. The molecule has 2 aliphatic rings. The third-order valence-electron chi connectivity index (χ3n) is 5.55. The van der Waals surface area contributed by atoms with Crippen LogP contribution >= 0.6 is 12.6 Å². The molecule has 0 unspecified atom stereocenters.